The number of fused-ring (bicyclic) bond motifs is 3. The van der Waals surface area contributed by atoms with Gasteiger partial charge in [0.15, 0.2) is 24.6 Å². The highest BCUT2D eigenvalue weighted by atomic mass is 16.7. The predicted molar refractivity (Wildman–Crippen MR) is 162 cm³/mol. The first-order valence-corrected chi connectivity index (χ1v) is 16.2. The number of esters is 6. The molecule has 10 atom stereocenters. The second-order valence-electron chi connectivity index (χ2n) is 13.0. The van der Waals surface area contributed by atoms with Gasteiger partial charge in [0.05, 0.1) is 37.2 Å². The van der Waals surface area contributed by atoms with Crippen LogP contribution >= 0.6 is 0 Å². The van der Waals surface area contributed by atoms with Gasteiger partial charge in [0, 0.05) is 33.3 Å². The summed E-state index contributed by atoms with van der Waals surface area (Å²) in [6.07, 6.45) is -3.19. The van der Waals surface area contributed by atoms with Gasteiger partial charge in [-0.05, 0) is 49.5 Å². The van der Waals surface area contributed by atoms with Crippen molar-refractivity contribution in [3.63, 3.8) is 0 Å². The predicted octanol–water partition coefficient (Wildman–Crippen LogP) is 3.03. The smallest absolute Gasteiger partial charge is 0.336 e. The summed E-state index contributed by atoms with van der Waals surface area (Å²) in [5, 5.41) is 0. The topological polar surface area (TPSA) is 189 Å². The molecule has 2 saturated heterocycles. The van der Waals surface area contributed by atoms with Crippen LogP contribution in [0.3, 0.4) is 0 Å². The number of allylic oxidation sites excluding steroid dienone is 1. The monoisotopic (exact) mass is 690 g/mol. The van der Waals surface area contributed by atoms with E-state index in [-0.39, 0.29) is 29.8 Å². The Kier molecular flexibility index (Phi) is 10.8. The van der Waals surface area contributed by atoms with Crippen LogP contribution in [0.15, 0.2) is 34.2 Å². The number of cyclic esters (lactones) is 1. The standard InChI is InChI=1S/C34H42O15/c1-16(35)43-15-26-28(44-17(2)36)29(45-18(3)37)30(46-19(4)38)33(49-26)48-24-10-9-22-21(27(24)32(40)41-6)7-8-23-31(39)47-25(13-34(22,23)5)20-11-12-42-14-20/h11-12,14,22-26,28-30,33H,7-10,13,15H2,1-6H3/t22-,23-,24+,25+,26+,28+,29-,30+,33+,34+/m0/s1. The van der Waals surface area contributed by atoms with Gasteiger partial charge in [0.2, 0.25) is 0 Å². The molecule has 268 valence electrons. The molecule has 0 N–H and O–H groups in total. The molecule has 0 unspecified atom stereocenters. The quantitative estimate of drug-likeness (QED) is 0.271. The lowest BCUT2D eigenvalue weighted by atomic mass is 9.53. The molecule has 0 aromatic carbocycles. The lowest BCUT2D eigenvalue weighted by molar-refractivity contribution is -0.315. The summed E-state index contributed by atoms with van der Waals surface area (Å²) in [5.41, 5.74) is 1.22. The highest BCUT2D eigenvalue weighted by molar-refractivity contribution is 5.91. The van der Waals surface area contributed by atoms with Crippen molar-refractivity contribution in [1.82, 2.24) is 0 Å². The van der Waals surface area contributed by atoms with E-state index in [2.05, 4.69) is 0 Å². The van der Waals surface area contributed by atoms with E-state index < -0.39 is 84.8 Å². The van der Waals surface area contributed by atoms with Crippen LogP contribution < -0.4 is 0 Å². The van der Waals surface area contributed by atoms with Crippen molar-refractivity contribution in [3.8, 4) is 0 Å². The van der Waals surface area contributed by atoms with Gasteiger partial charge in [-0.25, -0.2) is 4.79 Å². The van der Waals surface area contributed by atoms with E-state index in [4.69, 9.17) is 42.3 Å². The molecule has 5 rings (SSSR count). The molecule has 2 aliphatic carbocycles. The number of rotatable bonds is 9. The molecule has 1 aromatic rings. The fraction of sp³-hybridized carbons (Fsp3) is 0.647. The zero-order chi connectivity index (χ0) is 35.6. The van der Waals surface area contributed by atoms with Crippen molar-refractivity contribution >= 4 is 35.8 Å². The number of hydrogen-bond acceptors (Lipinski definition) is 15. The number of methoxy groups -OCH3 is 1. The Labute approximate surface area is 282 Å². The molecule has 4 aliphatic rings. The zero-order valence-electron chi connectivity index (χ0n) is 28.3. The third-order valence-electron chi connectivity index (χ3n) is 9.84. The molecule has 0 radical (unpaired) electrons. The van der Waals surface area contributed by atoms with E-state index in [9.17, 15) is 28.8 Å². The van der Waals surface area contributed by atoms with Gasteiger partial charge in [-0.15, -0.1) is 0 Å². The largest absolute Gasteiger partial charge is 0.472 e. The van der Waals surface area contributed by atoms with Gasteiger partial charge in [-0.3, -0.25) is 24.0 Å². The van der Waals surface area contributed by atoms with Crippen molar-refractivity contribution in [2.45, 2.75) is 110 Å². The van der Waals surface area contributed by atoms with Crippen LogP contribution in [0.4, 0.5) is 0 Å². The third kappa shape index (κ3) is 7.52. The van der Waals surface area contributed by atoms with Gasteiger partial charge >= 0.3 is 35.8 Å². The molecular formula is C34H42O15. The lowest BCUT2D eigenvalue weighted by Crippen LogP contribution is -2.63. The first-order valence-electron chi connectivity index (χ1n) is 16.2. The van der Waals surface area contributed by atoms with Crippen LogP contribution in [0, 0.1) is 17.3 Å². The number of hydrogen-bond donors (Lipinski definition) is 0. The van der Waals surface area contributed by atoms with E-state index in [1.54, 1.807) is 12.3 Å². The van der Waals surface area contributed by atoms with Gasteiger partial charge in [-0.1, -0.05) is 12.5 Å². The van der Waals surface area contributed by atoms with E-state index >= 15 is 0 Å². The Balaban J connectivity index is 1.51. The van der Waals surface area contributed by atoms with Gasteiger partial charge in [-0.2, -0.15) is 0 Å². The van der Waals surface area contributed by atoms with Crippen molar-refractivity contribution in [3.05, 3.63) is 35.3 Å². The highest BCUT2D eigenvalue weighted by Gasteiger charge is 2.58. The van der Waals surface area contributed by atoms with Crippen molar-refractivity contribution in [2.24, 2.45) is 17.3 Å². The maximum absolute atomic E-state index is 13.6. The third-order valence-corrected chi connectivity index (χ3v) is 9.84. The van der Waals surface area contributed by atoms with Crippen LogP contribution in [0.1, 0.15) is 78.4 Å². The number of carbonyl (C=O) groups excluding carboxylic acids is 6. The number of carbonyl (C=O) groups is 6. The molecule has 2 aliphatic heterocycles. The SMILES string of the molecule is COC(=O)C1=C2CC[C@H]3C(=O)O[C@@H](c4ccoc4)C[C@]3(C)[C@H]2CC[C@H]1O[C@@H]1O[C@H](COC(C)=O)[C@@H](OC(C)=O)[C@H](OC(C)=O)[C@H]1OC(C)=O. The number of furan rings is 1. The van der Waals surface area contributed by atoms with E-state index in [0.29, 0.717) is 25.7 Å². The second kappa shape index (κ2) is 14.7. The van der Waals surface area contributed by atoms with E-state index in [0.717, 1.165) is 31.9 Å². The summed E-state index contributed by atoms with van der Waals surface area (Å²) >= 11 is 0. The Hall–Kier alpha value is -4.24. The molecular weight excluding hydrogens is 648 g/mol. The lowest BCUT2D eigenvalue weighted by Gasteiger charge is -2.54. The molecule has 49 heavy (non-hydrogen) atoms. The maximum atomic E-state index is 13.6. The van der Waals surface area contributed by atoms with Crippen LogP contribution in [-0.2, 0) is 66.7 Å². The summed E-state index contributed by atoms with van der Waals surface area (Å²) in [6, 6.07) is 1.76. The van der Waals surface area contributed by atoms with Crippen LogP contribution in [0.5, 0.6) is 0 Å². The number of ether oxygens (including phenoxy) is 8. The molecule has 0 bridgehead atoms. The minimum atomic E-state index is -1.48. The molecule has 1 saturated carbocycles. The summed E-state index contributed by atoms with van der Waals surface area (Å²) in [4.78, 5) is 75.4. The van der Waals surface area contributed by atoms with Gasteiger partial charge in [0.25, 0.3) is 0 Å². The van der Waals surface area contributed by atoms with Crippen molar-refractivity contribution < 1.29 is 71.1 Å². The van der Waals surface area contributed by atoms with E-state index in [1.165, 1.54) is 20.3 Å². The molecule has 3 heterocycles. The molecule has 3 fully saturated rings. The molecule has 1 aromatic heterocycles. The van der Waals surface area contributed by atoms with Crippen molar-refractivity contribution in [2.75, 3.05) is 13.7 Å². The Bertz CT molecular complexity index is 1480. The minimum absolute atomic E-state index is 0.196. The van der Waals surface area contributed by atoms with Crippen molar-refractivity contribution in [1.29, 1.82) is 0 Å². The Morgan fingerprint density at radius 1 is 0.878 bits per heavy atom. The summed E-state index contributed by atoms with van der Waals surface area (Å²) in [7, 11) is 1.26. The average molecular weight is 691 g/mol. The summed E-state index contributed by atoms with van der Waals surface area (Å²) in [6.45, 7) is 6.18. The fourth-order valence-corrected chi connectivity index (χ4v) is 7.89. The molecule has 0 amide bonds. The van der Waals surface area contributed by atoms with Crippen LogP contribution in [0.2, 0.25) is 0 Å². The zero-order valence-corrected chi connectivity index (χ0v) is 28.3. The summed E-state index contributed by atoms with van der Waals surface area (Å²) < 4.78 is 50.7. The molecule has 15 heteroatoms. The fourth-order valence-electron chi connectivity index (χ4n) is 7.89. The molecule has 15 nitrogen and oxygen atoms in total. The summed E-state index contributed by atoms with van der Waals surface area (Å²) in [5.74, 6) is -4.50. The van der Waals surface area contributed by atoms with Gasteiger partial charge < -0.3 is 42.3 Å². The Morgan fingerprint density at radius 3 is 2.16 bits per heavy atom. The highest BCUT2D eigenvalue weighted by Crippen LogP contribution is 2.60. The molecule has 0 spiro atoms. The first-order chi connectivity index (χ1) is 23.2. The maximum Gasteiger partial charge on any atom is 0.336 e. The second-order valence-corrected chi connectivity index (χ2v) is 13.0. The van der Waals surface area contributed by atoms with E-state index in [1.807, 2.05) is 6.92 Å². The minimum Gasteiger partial charge on any atom is -0.472 e. The Morgan fingerprint density at radius 2 is 1.55 bits per heavy atom. The van der Waals surface area contributed by atoms with Crippen LogP contribution in [-0.4, -0.2) is 86.3 Å². The first kappa shape index (κ1) is 36.1. The van der Waals surface area contributed by atoms with Gasteiger partial charge in [0.1, 0.15) is 18.8 Å². The average Bonchev–Trinajstić information content (AvgIpc) is 3.57. The normalized spacial score (nSPS) is 34.0. The van der Waals surface area contributed by atoms with Crippen LogP contribution in [0.25, 0.3) is 0 Å².